The molecular weight excluding hydrogens is 368 g/mol. The Balaban J connectivity index is 1.94. The molecule has 1 aliphatic rings. The highest BCUT2D eigenvalue weighted by atomic mass is 16.5. The van der Waals surface area contributed by atoms with E-state index in [0.717, 1.165) is 24.1 Å². The molecule has 148 valence electrons. The van der Waals surface area contributed by atoms with Crippen LogP contribution in [0.4, 0.5) is 5.69 Å². The summed E-state index contributed by atoms with van der Waals surface area (Å²) in [5.41, 5.74) is 3.29. The molecular formula is C23H22N2O4. The molecule has 0 saturated carbocycles. The maximum absolute atomic E-state index is 12.5. The molecule has 0 unspecified atom stereocenters. The molecule has 0 N–H and O–H groups in total. The van der Waals surface area contributed by atoms with Crippen molar-refractivity contribution >= 4 is 17.6 Å². The molecule has 0 radical (unpaired) electrons. The fourth-order valence-corrected chi connectivity index (χ4v) is 3.07. The second-order valence-electron chi connectivity index (χ2n) is 6.34. The van der Waals surface area contributed by atoms with Gasteiger partial charge in [-0.1, -0.05) is 18.2 Å². The number of esters is 2. The predicted molar refractivity (Wildman–Crippen MR) is 110 cm³/mol. The topological polar surface area (TPSA) is 68.7 Å². The van der Waals surface area contributed by atoms with Gasteiger partial charge in [0.1, 0.15) is 5.70 Å². The number of rotatable bonds is 6. The molecule has 0 spiro atoms. The van der Waals surface area contributed by atoms with E-state index in [4.69, 9.17) is 9.47 Å². The highest BCUT2D eigenvalue weighted by Gasteiger charge is 2.27. The van der Waals surface area contributed by atoms with Crippen molar-refractivity contribution in [3.63, 3.8) is 0 Å². The van der Waals surface area contributed by atoms with E-state index in [9.17, 15) is 9.59 Å². The molecule has 0 saturated heterocycles. The molecule has 0 fully saturated rings. The quantitative estimate of drug-likeness (QED) is 0.705. The summed E-state index contributed by atoms with van der Waals surface area (Å²) < 4.78 is 9.79. The van der Waals surface area contributed by atoms with Gasteiger partial charge >= 0.3 is 11.9 Å². The summed E-state index contributed by atoms with van der Waals surface area (Å²) >= 11 is 0. The first-order valence-electron chi connectivity index (χ1n) is 9.17. The van der Waals surface area contributed by atoms with Crippen LogP contribution in [0.15, 0.2) is 84.5 Å². The maximum atomic E-state index is 12.5. The normalized spacial score (nSPS) is 13.2. The van der Waals surface area contributed by atoms with E-state index in [0.29, 0.717) is 0 Å². The zero-order chi connectivity index (χ0) is 20.6. The fraction of sp³-hybridized carbons (Fsp3) is 0.174. The summed E-state index contributed by atoms with van der Waals surface area (Å²) in [6.07, 6.45) is 12.0. The van der Waals surface area contributed by atoms with E-state index < -0.39 is 11.9 Å². The van der Waals surface area contributed by atoms with Crippen molar-refractivity contribution in [2.45, 2.75) is 12.8 Å². The van der Waals surface area contributed by atoms with Gasteiger partial charge in [0.05, 0.1) is 19.8 Å². The molecule has 1 aromatic carbocycles. The number of nitrogens with zero attached hydrogens (tertiary/aromatic N) is 2. The summed E-state index contributed by atoms with van der Waals surface area (Å²) in [7, 11) is 2.56. The first-order chi connectivity index (χ1) is 14.1. The van der Waals surface area contributed by atoms with E-state index in [2.05, 4.69) is 4.98 Å². The predicted octanol–water partition coefficient (Wildman–Crippen LogP) is 3.36. The van der Waals surface area contributed by atoms with E-state index in [-0.39, 0.29) is 11.3 Å². The molecule has 0 aliphatic carbocycles. The van der Waals surface area contributed by atoms with Crippen LogP contribution < -0.4 is 4.90 Å². The summed E-state index contributed by atoms with van der Waals surface area (Å²) in [5, 5.41) is 0. The Labute approximate surface area is 169 Å². The van der Waals surface area contributed by atoms with Crippen molar-refractivity contribution in [2.75, 3.05) is 19.1 Å². The molecule has 0 atom stereocenters. The smallest absolute Gasteiger partial charge is 0.355 e. The molecule has 0 amide bonds. The van der Waals surface area contributed by atoms with Gasteiger partial charge in [0.15, 0.2) is 0 Å². The highest BCUT2D eigenvalue weighted by Crippen LogP contribution is 2.27. The minimum atomic E-state index is -0.621. The van der Waals surface area contributed by atoms with Crippen molar-refractivity contribution in [1.82, 2.24) is 4.98 Å². The fourth-order valence-electron chi connectivity index (χ4n) is 3.07. The third-order valence-corrected chi connectivity index (χ3v) is 4.53. The van der Waals surface area contributed by atoms with Crippen LogP contribution in [-0.4, -0.2) is 31.1 Å². The van der Waals surface area contributed by atoms with Crippen molar-refractivity contribution in [2.24, 2.45) is 0 Å². The summed E-state index contributed by atoms with van der Waals surface area (Å²) in [5.74, 6) is -1.23. The zero-order valence-corrected chi connectivity index (χ0v) is 16.4. The SMILES string of the molecule is COC(=O)C1=C(C(=O)OC)N(c2cccc(CCc3ccncc3)c2)C=CC=C1. The Morgan fingerprint density at radius 1 is 0.931 bits per heavy atom. The van der Waals surface area contributed by atoms with Crippen LogP contribution in [0.3, 0.4) is 0 Å². The monoisotopic (exact) mass is 390 g/mol. The molecule has 6 heteroatoms. The second-order valence-corrected chi connectivity index (χ2v) is 6.34. The lowest BCUT2D eigenvalue weighted by Gasteiger charge is -2.23. The van der Waals surface area contributed by atoms with Crippen LogP contribution in [0.1, 0.15) is 11.1 Å². The number of pyridine rings is 1. The Hall–Kier alpha value is -3.67. The summed E-state index contributed by atoms with van der Waals surface area (Å²) in [4.78, 5) is 30.5. The number of aromatic nitrogens is 1. The third-order valence-electron chi connectivity index (χ3n) is 4.53. The van der Waals surface area contributed by atoms with Gasteiger partial charge < -0.3 is 14.4 Å². The number of aryl methyl sites for hydroxylation is 2. The molecule has 3 rings (SSSR count). The lowest BCUT2D eigenvalue weighted by atomic mass is 10.0. The second kappa shape index (κ2) is 9.50. The van der Waals surface area contributed by atoms with Crippen LogP contribution in [0, 0.1) is 0 Å². The minimum Gasteiger partial charge on any atom is -0.465 e. The van der Waals surface area contributed by atoms with Crippen molar-refractivity contribution in [3.05, 3.63) is 95.6 Å². The van der Waals surface area contributed by atoms with Gasteiger partial charge in [-0.3, -0.25) is 4.98 Å². The van der Waals surface area contributed by atoms with Gasteiger partial charge in [-0.15, -0.1) is 0 Å². The third kappa shape index (κ3) is 4.79. The number of carbonyl (C=O) groups is 2. The van der Waals surface area contributed by atoms with Crippen LogP contribution in [0.5, 0.6) is 0 Å². The van der Waals surface area contributed by atoms with E-state index in [1.54, 1.807) is 41.7 Å². The van der Waals surface area contributed by atoms with Gasteiger partial charge in [0.2, 0.25) is 0 Å². The maximum Gasteiger partial charge on any atom is 0.355 e. The van der Waals surface area contributed by atoms with Crippen molar-refractivity contribution in [3.8, 4) is 0 Å². The van der Waals surface area contributed by atoms with Gasteiger partial charge in [0.25, 0.3) is 0 Å². The highest BCUT2D eigenvalue weighted by molar-refractivity contribution is 6.05. The molecule has 1 aliphatic heterocycles. The van der Waals surface area contributed by atoms with E-state index >= 15 is 0 Å². The number of allylic oxidation sites excluding steroid dienone is 2. The molecule has 1 aromatic heterocycles. The summed E-state index contributed by atoms with van der Waals surface area (Å²) in [6, 6.07) is 11.8. The van der Waals surface area contributed by atoms with Crippen LogP contribution in [0.2, 0.25) is 0 Å². The Morgan fingerprint density at radius 2 is 1.66 bits per heavy atom. The molecule has 29 heavy (non-hydrogen) atoms. The lowest BCUT2D eigenvalue weighted by molar-refractivity contribution is -0.139. The number of benzene rings is 1. The van der Waals surface area contributed by atoms with Crippen molar-refractivity contribution in [1.29, 1.82) is 0 Å². The molecule has 0 bridgehead atoms. The first kappa shape index (κ1) is 20.1. The Kier molecular flexibility index (Phi) is 6.58. The van der Waals surface area contributed by atoms with Crippen LogP contribution >= 0.6 is 0 Å². The summed E-state index contributed by atoms with van der Waals surface area (Å²) in [6.45, 7) is 0. The average Bonchev–Trinajstić information content (AvgIpc) is 3.00. The molecule has 6 nitrogen and oxygen atoms in total. The van der Waals surface area contributed by atoms with Gasteiger partial charge in [-0.05, 0) is 60.4 Å². The number of hydrogen-bond acceptors (Lipinski definition) is 6. The largest absolute Gasteiger partial charge is 0.465 e. The number of methoxy groups -OCH3 is 2. The lowest BCUT2D eigenvalue weighted by Crippen LogP contribution is -2.27. The minimum absolute atomic E-state index is 0.107. The average molecular weight is 390 g/mol. The Morgan fingerprint density at radius 3 is 2.38 bits per heavy atom. The van der Waals surface area contributed by atoms with Gasteiger partial charge in [-0.2, -0.15) is 0 Å². The Bertz CT molecular complexity index is 977. The molecule has 2 heterocycles. The molecule has 2 aromatic rings. The number of hydrogen-bond donors (Lipinski definition) is 0. The van der Waals surface area contributed by atoms with E-state index in [1.165, 1.54) is 19.8 Å². The first-order valence-corrected chi connectivity index (χ1v) is 9.17. The van der Waals surface area contributed by atoms with Crippen LogP contribution in [0.25, 0.3) is 0 Å². The van der Waals surface area contributed by atoms with E-state index in [1.807, 2.05) is 36.4 Å². The van der Waals surface area contributed by atoms with Crippen LogP contribution in [-0.2, 0) is 31.9 Å². The number of carbonyl (C=O) groups excluding carboxylic acids is 2. The zero-order valence-electron chi connectivity index (χ0n) is 16.4. The van der Waals surface area contributed by atoms with Crippen molar-refractivity contribution < 1.29 is 19.1 Å². The standard InChI is InChI=1S/C23H22N2O4/c1-28-22(26)20-8-3-4-15-25(21(20)23(27)29-2)19-7-5-6-18(16-19)10-9-17-11-13-24-14-12-17/h3-8,11-16H,9-10H2,1-2H3. The number of ether oxygens (including phenoxy) is 2. The van der Waals surface area contributed by atoms with Gasteiger partial charge in [-0.25, -0.2) is 9.59 Å². The number of anilines is 1. The van der Waals surface area contributed by atoms with Gasteiger partial charge in [0, 0.05) is 24.3 Å².